The third kappa shape index (κ3) is 11.3. The molecule has 2 unspecified atom stereocenters. The maximum atomic E-state index is 14.7. The van der Waals surface area contributed by atoms with Crippen molar-refractivity contribution in [1.82, 2.24) is 15.3 Å². The normalized spacial score (nSPS) is 31.7. The summed E-state index contributed by atoms with van der Waals surface area (Å²) in [6, 6.07) is -0.114. The predicted octanol–water partition coefficient (Wildman–Crippen LogP) is 6.22. The van der Waals surface area contributed by atoms with E-state index in [4.69, 9.17) is 40.1 Å². The van der Waals surface area contributed by atoms with Crippen molar-refractivity contribution in [1.29, 1.82) is 0 Å². The highest BCUT2D eigenvalue weighted by Gasteiger charge is 2.83. The standard InChI is InChI=1S/C45H58ClF3N4O13S2/c1-25-11-9-12-31(62-8)44(60)24-43(65-40(59)50-44)23-41(43,3)39-42(4,64-39)32(22-35(56)52(6)28-20-27(19-25)21-29(61-7)37(28)46)63-38(58)26(2)51(5)30(45(47,48)49)16-18-68-67-17-10-13-36(57)66-53-33(54)14-15-34(53)55/h9,11-12,20-21,26,30-32,39,60H,10,13-19,22-24H2,1-8H3,(H,50,59)/b12-9+,25-11+/t26-,30?,31+,32-,39-,41?,42-,43-,44-/m0/s1. The van der Waals surface area contributed by atoms with Crippen LogP contribution in [-0.4, -0.2) is 144 Å². The number of carbonyl (C=O) groups is 6. The number of alkyl carbamates (subject to hydrolysis) is 1. The molecule has 1 spiro atoms. The van der Waals surface area contributed by atoms with E-state index in [2.05, 4.69) is 5.32 Å². The van der Waals surface area contributed by atoms with Crippen LogP contribution in [0.3, 0.4) is 0 Å². The third-order valence-electron chi connectivity index (χ3n) is 13.5. The first-order valence-corrected chi connectivity index (χ1v) is 24.9. The van der Waals surface area contributed by atoms with Crippen molar-refractivity contribution in [3.8, 4) is 5.75 Å². The number of epoxide rings is 1. The fourth-order valence-corrected chi connectivity index (χ4v) is 11.8. The molecular weight excluding hydrogens is 961 g/mol. The van der Waals surface area contributed by atoms with Gasteiger partial charge in [0.05, 0.1) is 19.2 Å². The highest BCUT2D eigenvalue weighted by Crippen LogP contribution is 2.72. The van der Waals surface area contributed by atoms with Crippen LogP contribution in [-0.2, 0) is 54.2 Å². The van der Waals surface area contributed by atoms with E-state index in [0.29, 0.717) is 17.2 Å². The average Bonchev–Trinajstić information content (AvgIpc) is 4.08. The summed E-state index contributed by atoms with van der Waals surface area (Å²) >= 11 is 6.78. The fraction of sp³-hybridized carbons (Fsp3) is 0.644. The smallest absolute Gasteiger partial charge is 0.410 e. The van der Waals surface area contributed by atoms with Gasteiger partial charge in [-0.1, -0.05) is 63.9 Å². The zero-order chi connectivity index (χ0) is 50.1. The van der Waals surface area contributed by atoms with Crippen molar-refractivity contribution in [2.45, 2.75) is 139 Å². The number of carbonyl (C=O) groups excluding carboxylic acids is 6. The van der Waals surface area contributed by atoms with Crippen molar-refractivity contribution >= 4 is 74.6 Å². The Kier molecular flexibility index (Phi) is 16.2. The molecule has 4 heterocycles. The number of esters is 1. The maximum Gasteiger partial charge on any atom is 0.410 e. The number of aliphatic hydroxyl groups is 1. The molecule has 1 aliphatic carbocycles. The number of rotatable bonds is 15. The largest absolute Gasteiger partial charge is 0.495 e. The molecule has 4 bridgehead atoms. The van der Waals surface area contributed by atoms with Gasteiger partial charge < -0.3 is 38.5 Å². The van der Waals surface area contributed by atoms with Crippen molar-refractivity contribution < 1.29 is 75.6 Å². The lowest BCUT2D eigenvalue weighted by Crippen LogP contribution is -2.64. The fourth-order valence-electron chi connectivity index (χ4n) is 9.28. The van der Waals surface area contributed by atoms with Crippen molar-refractivity contribution in [3.05, 3.63) is 46.5 Å². The average molecular weight is 1020 g/mol. The van der Waals surface area contributed by atoms with Crippen LogP contribution in [0.25, 0.3) is 0 Å². The summed E-state index contributed by atoms with van der Waals surface area (Å²) < 4.78 is 73.6. The summed E-state index contributed by atoms with van der Waals surface area (Å²) in [5.41, 5.74) is -3.77. The molecule has 9 atom stereocenters. The van der Waals surface area contributed by atoms with Gasteiger partial charge in [0, 0.05) is 56.8 Å². The molecule has 1 aromatic rings. The number of allylic oxidation sites excluding steroid dienone is 3. The van der Waals surface area contributed by atoms with Crippen LogP contribution in [0.15, 0.2) is 35.9 Å². The van der Waals surface area contributed by atoms with E-state index in [1.165, 1.54) is 43.9 Å². The SMILES string of the molecule is COc1cc2cc(c1Cl)N(C)C(=O)C[C@H](OC(=O)[C@H](C)N(C)C(CCSSCCCC(=O)ON1C(=O)CCC1=O)C(F)(F)F)[C@]1(C)O[C@H]1C1(C)C[C@]13C[C@@](O)(NC(=O)O3)[C@H](OC)/C=C/C=C(\C)C2. The number of halogens is 4. The van der Waals surface area contributed by atoms with Crippen LogP contribution in [0.1, 0.15) is 84.6 Å². The first-order valence-electron chi connectivity index (χ1n) is 22.0. The van der Waals surface area contributed by atoms with Gasteiger partial charge in [0.25, 0.3) is 11.8 Å². The summed E-state index contributed by atoms with van der Waals surface area (Å²) in [6.07, 6.45) is -4.13. The summed E-state index contributed by atoms with van der Waals surface area (Å²) in [7, 11) is 7.85. The summed E-state index contributed by atoms with van der Waals surface area (Å²) in [5, 5.41) is 15.1. The first-order chi connectivity index (χ1) is 31.8. The van der Waals surface area contributed by atoms with Crippen LogP contribution < -0.4 is 15.0 Å². The zero-order valence-corrected chi connectivity index (χ0v) is 41.5. The molecule has 3 saturated heterocycles. The number of benzene rings is 1. The minimum Gasteiger partial charge on any atom is -0.495 e. The molecule has 2 N–H and O–H groups in total. The number of imide groups is 1. The van der Waals surface area contributed by atoms with Gasteiger partial charge in [0.1, 0.15) is 52.4 Å². The Bertz CT molecular complexity index is 2210. The molecule has 1 aromatic carbocycles. The van der Waals surface area contributed by atoms with E-state index >= 15 is 0 Å². The molecule has 376 valence electrons. The molecule has 1 saturated carbocycles. The molecule has 68 heavy (non-hydrogen) atoms. The number of methoxy groups -OCH3 is 2. The number of likely N-dealkylation sites (N-methyl/N-ethyl adjacent to an activating group) is 1. The summed E-state index contributed by atoms with van der Waals surface area (Å²) in [5.74, 6) is -2.95. The molecule has 0 radical (unpaired) electrons. The second-order valence-electron chi connectivity index (χ2n) is 18.3. The minimum atomic E-state index is -4.76. The molecule has 6 rings (SSSR count). The Morgan fingerprint density at radius 3 is 2.40 bits per heavy atom. The number of hydroxylamine groups is 2. The van der Waals surface area contributed by atoms with E-state index < -0.39 is 108 Å². The first kappa shape index (κ1) is 53.3. The molecule has 4 fully saturated rings. The zero-order valence-electron chi connectivity index (χ0n) is 39.1. The number of hydrogen-bond donors (Lipinski definition) is 2. The van der Waals surface area contributed by atoms with Crippen LogP contribution in [0, 0.1) is 5.41 Å². The number of hydrogen-bond acceptors (Lipinski definition) is 16. The lowest BCUT2D eigenvalue weighted by Gasteiger charge is -2.42. The monoisotopic (exact) mass is 1020 g/mol. The van der Waals surface area contributed by atoms with Crippen LogP contribution in [0.2, 0.25) is 5.02 Å². The highest BCUT2D eigenvalue weighted by atomic mass is 35.5. The van der Waals surface area contributed by atoms with Gasteiger partial charge >= 0.3 is 24.2 Å². The molecule has 23 heteroatoms. The number of ether oxygens (including phenoxy) is 5. The number of alkyl halides is 3. The Morgan fingerprint density at radius 2 is 1.75 bits per heavy atom. The molecule has 4 aliphatic heterocycles. The van der Waals surface area contributed by atoms with Gasteiger partial charge in [0.15, 0.2) is 5.72 Å². The van der Waals surface area contributed by atoms with Gasteiger partial charge in [0.2, 0.25) is 5.91 Å². The van der Waals surface area contributed by atoms with Gasteiger partial charge in [-0.05, 0) is 71.2 Å². The highest BCUT2D eigenvalue weighted by molar-refractivity contribution is 8.76. The Hall–Kier alpha value is -4.06. The number of nitrogens with zero attached hydrogens (tertiary/aromatic N) is 3. The maximum absolute atomic E-state index is 14.7. The Morgan fingerprint density at radius 1 is 1.07 bits per heavy atom. The van der Waals surface area contributed by atoms with Gasteiger partial charge in [-0.2, -0.15) is 13.2 Å². The number of anilines is 1. The van der Waals surface area contributed by atoms with Gasteiger partial charge in [-0.15, -0.1) is 5.06 Å². The van der Waals surface area contributed by atoms with Crippen LogP contribution in [0.4, 0.5) is 23.7 Å². The summed E-state index contributed by atoms with van der Waals surface area (Å²) in [6.45, 7) is 6.55. The second-order valence-corrected chi connectivity index (χ2v) is 21.4. The lowest BCUT2D eigenvalue weighted by atomic mass is 9.83. The molecule has 5 aliphatic rings. The lowest BCUT2D eigenvalue weighted by molar-refractivity contribution is -0.197. The van der Waals surface area contributed by atoms with E-state index in [9.17, 15) is 47.0 Å². The quantitative estimate of drug-likeness (QED) is 0.0658. The van der Waals surface area contributed by atoms with Gasteiger partial charge in [-0.25, -0.2) is 9.59 Å². The predicted molar refractivity (Wildman–Crippen MR) is 244 cm³/mol. The van der Waals surface area contributed by atoms with Gasteiger partial charge in [-0.3, -0.25) is 29.4 Å². The molecule has 4 amide bonds. The number of fused-ring (bicyclic) bond motifs is 5. The molecule has 17 nitrogen and oxygen atoms in total. The second kappa shape index (κ2) is 20.7. The summed E-state index contributed by atoms with van der Waals surface area (Å²) in [4.78, 5) is 84.1. The van der Waals surface area contributed by atoms with Crippen LogP contribution in [0.5, 0.6) is 5.75 Å². The Labute approximate surface area is 405 Å². The number of nitrogens with one attached hydrogen (secondary N) is 1. The minimum absolute atomic E-state index is 0.0145. The van der Waals surface area contributed by atoms with Crippen molar-refractivity contribution in [3.63, 3.8) is 0 Å². The van der Waals surface area contributed by atoms with E-state index in [0.717, 1.165) is 33.9 Å². The topological polar surface area (TPSA) is 203 Å². The molecular formula is C45H58ClF3N4O13S2. The van der Waals surface area contributed by atoms with E-state index in [1.807, 2.05) is 13.0 Å². The van der Waals surface area contributed by atoms with E-state index in [1.54, 1.807) is 38.1 Å². The van der Waals surface area contributed by atoms with Crippen molar-refractivity contribution in [2.75, 3.05) is 44.7 Å². The third-order valence-corrected chi connectivity index (χ3v) is 16.4. The number of amides is 4. The van der Waals surface area contributed by atoms with Crippen LogP contribution >= 0.6 is 33.2 Å². The van der Waals surface area contributed by atoms with Crippen molar-refractivity contribution in [2.24, 2.45) is 5.41 Å². The van der Waals surface area contributed by atoms with E-state index in [-0.39, 0.29) is 60.7 Å². The Balaban J connectivity index is 1.19. The molecule has 0 aromatic heterocycles.